The second kappa shape index (κ2) is 7.55. The van der Waals surface area contributed by atoms with E-state index in [9.17, 15) is 14.7 Å². The van der Waals surface area contributed by atoms with E-state index in [4.69, 9.17) is 9.47 Å². The minimum absolute atomic E-state index is 0.0292. The predicted octanol–water partition coefficient (Wildman–Crippen LogP) is 6.31. The average Bonchev–Trinajstić information content (AvgIpc) is 3.26. The average molecular weight is 515 g/mol. The quantitative estimate of drug-likeness (QED) is 0.438. The molecule has 208 valence electrons. The Balaban J connectivity index is 1.43. The van der Waals surface area contributed by atoms with Crippen LogP contribution < -0.4 is 0 Å². The molecule has 0 aromatic heterocycles. The van der Waals surface area contributed by atoms with E-state index in [1.54, 1.807) is 0 Å². The lowest BCUT2D eigenvalue weighted by Crippen LogP contribution is -2.72. The summed E-state index contributed by atoms with van der Waals surface area (Å²) in [4.78, 5) is 25.7. The molecule has 5 heteroatoms. The Morgan fingerprint density at radius 3 is 2.30 bits per heavy atom. The Labute approximate surface area is 223 Å². The largest absolute Gasteiger partial charge is 0.459 e. The maximum atomic E-state index is 13.7. The number of hydrogen-bond donors (Lipinski definition) is 1. The predicted molar refractivity (Wildman–Crippen MR) is 141 cm³/mol. The standard InChI is InChI=1S/C32H50O5/c1-18(2)20-9-13-31-16-15-30(8)29(7)12-10-22-27(4,5)25(36-19(3)33)21(34)17-28(22,6)23(29)11-14-32(30,24(20)31)37-26(31)35/h18,20-25,34H,9-17H2,1-8H3. The first kappa shape index (κ1) is 26.1. The van der Waals surface area contributed by atoms with E-state index in [1.165, 1.54) is 6.92 Å². The van der Waals surface area contributed by atoms with Crippen LogP contribution in [0.3, 0.4) is 0 Å². The molecule has 0 amide bonds. The summed E-state index contributed by atoms with van der Waals surface area (Å²) in [5, 5.41) is 11.4. The van der Waals surface area contributed by atoms with Crippen molar-refractivity contribution in [3.05, 3.63) is 0 Å². The van der Waals surface area contributed by atoms with Crippen LogP contribution in [0.25, 0.3) is 0 Å². The number of aliphatic hydroxyl groups is 1. The van der Waals surface area contributed by atoms with Crippen LogP contribution in [0.5, 0.6) is 0 Å². The van der Waals surface area contributed by atoms with Crippen molar-refractivity contribution in [2.24, 2.45) is 56.7 Å². The van der Waals surface area contributed by atoms with Crippen LogP contribution in [-0.4, -0.2) is 34.9 Å². The van der Waals surface area contributed by atoms with Gasteiger partial charge in [0, 0.05) is 23.7 Å². The van der Waals surface area contributed by atoms with Gasteiger partial charge in [0.2, 0.25) is 0 Å². The lowest BCUT2D eigenvalue weighted by molar-refractivity contribution is -0.293. The fourth-order valence-electron chi connectivity index (χ4n) is 12.8. The smallest absolute Gasteiger partial charge is 0.313 e. The molecular formula is C32H50O5. The Bertz CT molecular complexity index is 1020. The van der Waals surface area contributed by atoms with Crippen molar-refractivity contribution in [3.63, 3.8) is 0 Å². The van der Waals surface area contributed by atoms with Gasteiger partial charge in [-0.25, -0.2) is 0 Å². The molecule has 1 spiro atoms. The highest BCUT2D eigenvalue weighted by Gasteiger charge is 2.82. The summed E-state index contributed by atoms with van der Waals surface area (Å²) in [7, 11) is 0. The summed E-state index contributed by atoms with van der Waals surface area (Å²) in [6, 6.07) is 0. The molecule has 6 aliphatic rings. The van der Waals surface area contributed by atoms with E-state index in [0.29, 0.717) is 36.0 Å². The zero-order valence-corrected chi connectivity index (χ0v) is 24.5. The number of ether oxygens (including phenoxy) is 2. The van der Waals surface area contributed by atoms with E-state index < -0.39 is 12.2 Å². The zero-order valence-electron chi connectivity index (χ0n) is 24.5. The molecule has 1 saturated heterocycles. The Kier molecular flexibility index (Phi) is 5.33. The van der Waals surface area contributed by atoms with Crippen LogP contribution in [-0.2, 0) is 19.1 Å². The van der Waals surface area contributed by atoms with E-state index in [0.717, 1.165) is 51.4 Å². The first-order valence-electron chi connectivity index (χ1n) is 15.2. The number of hydrogen-bond acceptors (Lipinski definition) is 5. The topological polar surface area (TPSA) is 72.8 Å². The van der Waals surface area contributed by atoms with Gasteiger partial charge in [-0.15, -0.1) is 0 Å². The van der Waals surface area contributed by atoms with Crippen LogP contribution >= 0.6 is 0 Å². The molecule has 5 saturated carbocycles. The molecule has 6 fully saturated rings. The van der Waals surface area contributed by atoms with Gasteiger partial charge >= 0.3 is 11.9 Å². The first-order chi connectivity index (χ1) is 17.1. The SMILES string of the molecule is CC(=O)OC1C(O)CC2(C)C(CCC3(C)C2CCC24OC(=O)C5(CCC(C(C)C)C52)CCC34C)C1(C)C. The van der Waals surface area contributed by atoms with Gasteiger partial charge in [-0.2, -0.15) is 0 Å². The van der Waals surface area contributed by atoms with Crippen molar-refractivity contribution < 1.29 is 24.2 Å². The van der Waals surface area contributed by atoms with E-state index in [2.05, 4.69) is 48.5 Å². The molecule has 11 unspecified atom stereocenters. The first-order valence-corrected chi connectivity index (χ1v) is 15.2. The van der Waals surface area contributed by atoms with Crippen molar-refractivity contribution in [1.82, 2.24) is 0 Å². The number of carbonyl (C=O) groups is 2. The highest BCUT2D eigenvalue weighted by atomic mass is 16.6. The van der Waals surface area contributed by atoms with Gasteiger partial charge in [0.15, 0.2) is 0 Å². The lowest BCUT2D eigenvalue weighted by atomic mass is 9.31. The molecule has 0 aromatic rings. The van der Waals surface area contributed by atoms with Crippen LogP contribution in [0.4, 0.5) is 0 Å². The molecule has 1 heterocycles. The van der Waals surface area contributed by atoms with Crippen molar-refractivity contribution in [2.75, 3.05) is 0 Å². The molecule has 5 nitrogen and oxygen atoms in total. The summed E-state index contributed by atoms with van der Waals surface area (Å²) in [5.74, 6) is 2.07. The van der Waals surface area contributed by atoms with Crippen LogP contribution in [0, 0.1) is 56.7 Å². The van der Waals surface area contributed by atoms with Crippen molar-refractivity contribution >= 4 is 11.9 Å². The van der Waals surface area contributed by atoms with Crippen molar-refractivity contribution in [3.8, 4) is 0 Å². The fraction of sp³-hybridized carbons (Fsp3) is 0.938. The number of aliphatic hydroxyl groups excluding tert-OH is 1. The molecular weight excluding hydrogens is 464 g/mol. The number of rotatable bonds is 2. The molecule has 5 aliphatic carbocycles. The summed E-state index contributed by atoms with van der Waals surface area (Å²) in [6.07, 6.45) is 7.92. The van der Waals surface area contributed by atoms with E-state index in [1.807, 2.05) is 0 Å². The molecule has 1 aliphatic heterocycles. The van der Waals surface area contributed by atoms with Gasteiger partial charge in [0.05, 0.1) is 11.5 Å². The molecule has 1 N–H and O–H groups in total. The molecule has 6 rings (SSSR count). The number of fused-ring (bicyclic) bond motifs is 4. The second-order valence-corrected chi connectivity index (χ2v) is 15.9. The lowest BCUT2D eigenvalue weighted by Gasteiger charge is -2.73. The number of esters is 2. The molecule has 0 aromatic carbocycles. The molecule has 37 heavy (non-hydrogen) atoms. The van der Waals surface area contributed by atoms with Gasteiger partial charge < -0.3 is 14.6 Å². The Hall–Kier alpha value is -1.10. The zero-order chi connectivity index (χ0) is 27.0. The maximum absolute atomic E-state index is 13.7. The third-order valence-corrected chi connectivity index (χ3v) is 14.3. The van der Waals surface area contributed by atoms with Gasteiger partial charge in [0.25, 0.3) is 0 Å². The van der Waals surface area contributed by atoms with Crippen LogP contribution in [0.2, 0.25) is 0 Å². The fourth-order valence-corrected chi connectivity index (χ4v) is 12.8. The van der Waals surface area contributed by atoms with Crippen LogP contribution in [0.1, 0.15) is 113 Å². The maximum Gasteiger partial charge on any atom is 0.313 e. The Morgan fingerprint density at radius 1 is 0.973 bits per heavy atom. The third-order valence-electron chi connectivity index (χ3n) is 14.3. The van der Waals surface area contributed by atoms with Gasteiger partial charge in [-0.3, -0.25) is 9.59 Å². The third kappa shape index (κ3) is 2.81. The summed E-state index contributed by atoms with van der Waals surface area (Å²) in [5.41, 5.74) is -1.00. The molecule has 2 bridgehead atoms. The van der Waals surface area contributed by atoms with E-state index in [-0.39, 0.29) is 44.6 Å². The van der Waals surface area contributed by atoms with Crippen LogP contribution in [0.15, 0.2) is 0 Å². The Morgan fingerprint density at radius 2 is 1.65 bits per heavy atom. The number of carbonyl (C=O) groups excluding carboxylic acids is 2. The molecule has 0 radical (unpaired) electrons. The summed E-state index contributed by atoms with van der Waals surface area (Å²) < 4.78 is 12.5. The van der Waals surface area contributed by atoms with Gasteiger partial charge in [-0.05, 0) is 92.3 Å². The van der Waals surface area contributed by atoms with Crippen molar-refractivity contribution in [2.45, 2.75) is 131 Å². The second-order valence-electron chi connectivity index (χ2n) is 15.9. The highest BCUT2D eigenvalue weighted by molar-refractivity contribution is 5.82. The van der Waals surface area contributed by atoms with Gasteiger partial charge in [0.1, 0.15) is 11.7 Å². The van der Waals surface area contributed by atoms with Gasteiger partial charge in [-0.1, -0.05) is 48.5 Å². The highest BCUT2D eigenvalue weighted by Crippen LogP contribution is 2.81. The van der Waals surface area contributed by atoms with Crippen molar-refractivity contribution in [1.29, 1.82) is 0 Å². The summed E-state index contributed by atoms with van der Waals surface area (Å²) in [6.45, 7) is 18.0. The minimum atomic E-state index is -0.658. The monoisotopic (exact) mass is 514 g/mol. The molecule has 11 atom stereocenters. The minimum Gasteiger partial charge on any atom is -0.459 e. The normalized spacial score (nSPS) is 55.6. The van der Waals surface area contributed by atoms with E-state index >= 15 is 0 Å². The summed E-state index contributed by atoms with van der Waals surface area (Å²) >= 11 is 0.